The summed E-state index contributed by atoms with van der Waals surface area (Å²) < 4.78 is 0. The van der Waals surface area contributed by atoms with Gasteiger partial charge in [0, 0.05) is 16.1 Å². The zero-order chi connectivity index (χ0) is 12.4. The average Bonchev–Trinajstić information content (AvgIpc) is 2.70. The SMILES string of the molecule is CC1CCC(C(N)Cc2c(Cl)cccc2Cl)C1. The summed E-state index contributed by atoms with van der Waals surface area (Å²) in [4.78, 5) is 0. The first-order valence-electron chi connectivity index (χ1n) is 6.26. The highest BCUT2D eigenvalue weighted by Gasteiger charge is 2.27. The molecule has 3 unspecified atom stereocenters. The second kappa shape index (κ2) is 5.60. The molecule has 0 saturated heterocycles. The van der Waals surface area contributed by atoms with Crippen LogP contribution in [0.25, 0.3) is 0 Å². The minimum absolute atomic E-state index is 0.178. The predicted molar refractivity (Wildman–Crippen MR) is 74.6 cm³/mol. The molecule has 1 aromatic rings. The molecule has 3 atom stereocenters. The molecule has 0 radical (unpaired) electrons. The summed E-state index contributed by atoms with van der Waals surface area (Å²) in [6, 6.07) is 5.81. The molecule has 94 valence electrons. The molecule has 1 saturated carbocycles. The highest BCUT2D eigenvalue weighted by atomic mass is 35.5. The van der Waals surface area contributed by atoms with Crippen molar-refractivity contribution in [2.45, 2.75) is 38.6 Å². The first-order valence-corrected chi connectivity index (χ1v) is 7.02. The molecule has 0 spiro atoms. The second-order valence-electron chi connectivity index (χ2n) is 5.25. The number of hydrogen-bond acceptors (Lipinski definition) is 1. The van der Waals surface area contributed by atoms with E-state index in [1.54, 1.807) is 0 Å². The number of hydrogen-bond donors (Lipinski definition) is 1. The molecule has 0 aromatic heterocycles. The molecular formula is C14H19Cl2N. The molecule has 1 nitrogen and oxygen atoms in total. The lowest BCUT2D eigenvalue weighted by atomic mass is 9.92. The Labute approximate surface area is 113 Å². The maximum absolute atomic E-state index is 6.29. The highest BCUT2D eigenvalue weighted by molar-refractivity contribution is 6.35. The number of nitrogens with two attached hydrogens (primary N) is 1. The van der Waals surface area contributed by atoms with Crippen LogP contribution >= 0.6 is 23.2 Å². The smallest absolute Gasteiger partial charge is 0.0453 e. The third kappa shape index (κ3) is 3.15. The van der Waals surface area contributed by atoms with E-state index in [9.17, 15) is 0 Å². The Hall–Kier alpha value is -0.240. The van der Waals surface area contributed by atoms with Crippen molar-refractivity contribution >= 4 is 23.2 Å². The van der Waals surface area contributed by atoms with Crippen molar-refractivity contribution in [3.8, 4) is 0 Å². The van der Waals surface area contributed by atoms with E-state index in [1.165, 1.54) is 19.3 Å². The van der Waals surface area contributed by atoms with Crippen LogP contribution in [0, 0.1) is 11.8 Å². The fourth-order valence-electron chi connectivity index (χ4n) is 2.77. The van der Waals surface area contributed by atoms with Crippen LogP contribution in [0.5, 0.6) is 0 Å². The van der Waals surface area contributed by atoms with E-state index in [0.29, 0.717) is 5.92 Å². The van der Waals surface area contributed by atoms with Crippen molar-refractivity contribution in [3.63, 3.8) is 0 Å². The molecule has 0 aliphatic heterocycles. The summed E-state index contributed by atoms with van der Waals surface area (Å²) in [5, 5.41) is 1.47. The van der Waals surface area contributed by atoms with E-state index in [-0.39, 0.29) is 6.04 Å². The molecule has 0 heterocycles. The normalized spacial score (nSPS) is 26.1. The van der Waals surface area contributed by atoms with Crippen LogP contribution in [0.15, 0.2) is 18.2 Å². The van der Waals surface area contributed by atoms with Gasteiger partial charge in [0.25, 0.3) is 0 Å². The van der Waals surface area contributed by atoms with Crippen molar-refractivity contribution in [2.75, 3.05) is 0 Å². The molecule has 3 heteroatoms. The Kier molecular flexibility index (Phi) is 4.35. The summed E-state index contributed by atoms with van der Waals surface area (Å²) in [5.41, 5.74) is 7.30. The largest absolute Gasteiger partial charge is 0.327 e. The lowest BCUT2D eigenvalue weighted by Crippen LogP contribution is -2.31. The van der Waals surface area contributed by atoms with Crippen LogP contribution in [0.2, 0.25) is 10.0 Å². The fraction of sp³-hybridized carbons (Fsp3) is 0.571. The zero-order valence-electron chi connectivity index (χ0n) is 10.1. The lowest BCUT2D eigenvalue weighted by Gasteiger charge is -2.20. The van der Waals surface area contributed by atoms with E-state index in [0.717, 1.165) is 27.9 Å². The molecule has 1 fully saturated rings. The minimum Gasteiger partial charge on any atom is -0.327 e. The molecule has 1 aliphatic rings. The average molecular weight is 272 g/mol. The van der Waals surface area contributed by atoms with Crippen molar-refractivity contribution in [1.29, 1.82) is 0 Å². The molecular weight excluding hydrogens is 253 g/mol. The van der Waals surface area contributed by atoms with E-state index in [4.69, 9.17) is 28.9 Å². The van der Waals surface area contributed by atoms with E-state index < -0.39 is 0 Å². The maximum Gasteiger partial charge on any atom is 0.0453 e. The third-order valence-corrected chi connectivity index (χ3v) is 4.55. The second-order valence-corrected chi connectivity index (χ2v) is 6.06. The molecule has 0 amide bonds. The van der Waals surface area contributed by atoms with Crippen molar-refractivity contribution in [2.24, 2.45) is 17.6 Å². The van der Waals surface area contributed by atoms with Gasteiger partial charge in [-0.2, -0.15) is 0 Å². The van der Waals surface area contributed by atoms with Gasteiger partial charge < -0.3 is 5.73 Å². The Morgan fingerprint density at radius 1 is 1.29 bits per heavy atom. The molecule has 0 bridgehead atoms. The Bertz CT molecular complexity index is 372. The van der Waals surface area contributed by atoms with Gasteiger partial charge >= 0.3 is 0 Å². The standard InChI is InChI=1S/C14H19Cl2N/c1-9-5-6-10(7-9)14(17)8-11-12(15)3-2-4-13(11)16/h2-4,9-10,14H,5-8,17H2,1H3. The van der Waals surface area contributed by atoms with Gasteiger partial charge in [0.05, 0.1) is 0 Å². The van der Waals surface area contributed by atoms with Gasteiger partial charge in [0.15, 0.2) is 0 Å². The minimum atomic E-state index is 0.178. The van der Waals surface area contributed by atoms with Gasteiger partial charge in [-0.05, 0) is 48.8 Å². The molecule has 2 rings (SSSR count). The van der Waals surface area contributed by atoms with Crippen LogP contribution in [0.1, 0.15) is 31.7 Å². The first-order chi connectivity index (χ1) is 8.08. The molecule has 2 N–H and O–H groups in total. The van der Waals surface area contributed by atoms with E-state index >= 15 is 0 Å². The van der Waals surface area contributed by atoms with Crippen LogP contribution in [0.3, 0.4) is 0 Å². The summed E-state index contributed by atoms with van der Waals surface area (Å²) >= 11 is 12.3. The Balaban J connectivity index is 2.05. The topological polar surface area (TPSA) is 26.0 Å². The van der Waals surface area contributed by atoms with Crippen LogP contribution in [-0.2, 0) is 6.42 Å². The summed E-state index contributed by atoms with van der Waals surface area (Å²) in [5.74, 6) is 1.44. The highest BCUT2D eigenvalue weighted by Crippen LogP contribution is 2.34. The summed E-state index contributed by atoms with van der Waals surface area (Å²) in [6.45, 7) is 2.30. The number of benzene rings is 1. The van der Waals surface area contributed by atoms with Crippen molar-refractivity contribution < 1.29 is 0 Å². The van der Waals surface area contributed by atoms with Crippen molar-refractivity contribution in [1.82, 2.24) is 0 Å². The van der Waals surface area contributed by atoms with Gasteiger partial charge in [-0.1, -0.05) is 42.6 Å². The number of halogens is 2. The van der Waals surface area contributed by atoms with E-state index in [1.807, 2.05) is 18.2 Å². The monoisotopic (exact) mass is 271 g/mol. The van der Waals surface area contributed by atoms with Gasteiger partial charge in [-0.25, -0.2) is 0 Å². The molecule has 1 aliphatic carbocycles. The predicted octanol–water partition coefficient (Wildman–Crippen LogP) is 4.30. The van der Waals surface area contributed by atoms with Gasteiger partial charge in [-0.15, -0.1) is 0 Å². The quantitative estimate of drug-likeness (QED) is 0.872. The fourth-order valence-corrected chi connectivity index (χ4v) is 3.32. The van der Waals surface area contributed by atoms with Crippen molar-refractivity contribution in [3.05, 3.63) is 33.8 Å². The van der Waals surface area contributed by atoms with Crippen LogP contribution < -0.4 is 5.73 Å². The first kappa shape index (κ1) is 13.2. The summed E-state index contributed by atoms with van der Waals surface area (Å²) in [6.07, 6.45) is 4.57. The number of rotatable bonds is 3. The molecule has 17 heavy (non-hydrogen) atoms. The van der Waals surface area contributed by atoms with Gasteiger partial charge in [0.1, 0.15) is 0 Å². The van der Waals surface area contributed by atoms with Crippen LogP contribution in [-0.4, -0.2) is 6.04 Å². The Morgan fingerprint density at radius 3 is 2.47 bits per heavy atom. The third-order valence-electron chi connectivity index (χ3n) is 3.84. The van der Waals surface area contributed by atoms with E-state index in [2.05, 4.69) is 6.92 Å². The zero-order valence-corrected chi connectivity index (χ0v) is 11.6. The maximum atomic E-state index is 6.29. The van der Waals surface area contributed by atoms with Gasteiger partial charge in [-0.3, -0.25) is 0 Å². The van der Waals surface area contributed by atoms with Gasteiger partial charge in [0.2, 0.25) is 0 Å². The molecule has 1 aromatic carbocycles. The lowest BCUT2D eigenvalue weighted by molar-refractivity contribution is 0.415. The van der Waals surface area contributed by atoms with Crippen LogP contribution in [0.4, 0.5) is 0 Å². The summed E-state index contributed by atoms with van der Waals surface area (Å²) in [7, 11) is 0. The Morgan fingerprint density at radius 2 is 1.94 bits per heavy atom.